The number of rotatable bonds is 0. The molecule has 4 aliphatic carbocycles. The zero-order chi connectivity index (χ0) is 17.5. The third-order valence-corrected chi connectivity index (χ3v) is 10.2. The third-order valence-electron chi connectivity index (χ3n) is 10.2. The van der Waals surface area contributed by atoms with Crippen molar-refractivity contribution in [1.82, 2.24) is 0 Å². The van der Waals surface area contributed by atoms with Crippen molar-refractivity contribution in [2.75, 3.05) is 13.2 Å². The van der Waals surface area contributed by atoms with E-state index in [1.165, 1.54) is 51.4 Å². The van der Waals surface area contributed by atoms with Gasteiger partial charge in [-0.1, -0.05) is 34.1 Å². The summed E-state index contributed by atoms with van der Waals surface area (Å²) in [7, 11) is 0. The fraction of sp³-hybridized carbons (Fsp3) is 1.00. The lowest BCUT2D eigenvalue weighted by Crippen LogP contribution is -2.63. The smallest absolute Gasteiger partial charge is 0.173 e. The molecule has 0 bridgehead atoms. The van der Waals surface area contributed by atoms with Gasteiger partial charge in [-0.15, -0.1) is 0 Å². The highest BCUT2D eigenvalue weighted by Gasteiger charge is 2.66. The van der Waals surface area contributed by atoms with Gasteiger partial charge in [-0.2, -0.15) is 0 Å². The van der Waals surface area contributed by atoms with Crippen LogP contribution >= 0.6 is 0 Å². The predicted molar refractivity (Wildman–Crippen MR) is 100 cm³/mol. The van der Waals surface area contributed by atoms with Crippen LogP contribution in [0.1, 0.15) is 85.5 Å². The standard InChI is InChI=1S/C23H38O2/c1-20(2)19-8-7-16-17-6-5-10-21(17,3)11-9-18(16)22(19,4)12-13-23(20)24-14-15-25-23/h16-19H,5-15H2,1-4H3/t16-,17-,18-,19-,21-,22+/m0/s1. The van der Waals surface area contributed by atoms with E-state index in [-0.39, 0.29) is 11.2 Å². The molecule has 0 aromatic heterocycles. The number of hydrogen-bond acceptors (Lipinski definition) is 2. The molecule has 1 saturated heterocycles. The molecule has 5 aliphatic rings. The molecular formula is C23H38O2. The summed E-state index contributed by atoms with van der Waals surface area (Å²) in [6, 6.07) is 0. The molecular weight excluding hydrogens is 308 g/mol. The van der Waals surface area contributed by atoms with Crippen molar-refractivity contribution in [2.24, 2.45) is 39.9 Å². The monoisotopic (exact) mass is 346 g/mol. The number of hydrogen-bond donors (Lipinski definition) is 0. The van der Waals surface area contributed by atoms with Gasteiger partial charge in [0.25, 0.3) is 0 Å². The first-order valence-corrected chi connectivity index (χ1v) is 11.1. The molecule has 0 radical (unpaired) electrons. The van der Waals surface area contributed by atoms with Gasteiger partial charge in [-0.05, 0) is 79.4 Å². The van der Waals surface area contributed by atoms with Crippen LogP contribution in [0.4, 0.5) is 0 Å². The van der Waals surface area contributed by atoms with Crippen molar-refractivity contribution < 1.29 is 9.47 Å². The van der Waals surface area contributed by atoms with Gasteiger partial charge in [0.1, 0.15) is 0 Å². The lowest BCUT2D eigenvalue weighted by Gasteiger charge is -2.66. The van der Waals surface area contributed by atoms with Crippen molar-refractivity contribution in [1.29, 1.82) is 0 Å². The summed E-state index contributed by atoms with van der Waals surface area (Å²) in [6.45, 7) is 11.8. The van der Waals surface area contributed by atoms with Crippen LogP contribution in [0, 0.1) is 39.9 Å². The first-order valence-electron chi connectivity index (χ1n) is 11.1. The summed E-state index contributed by atoms with van der Waals surface area (Å²) in [6.07, 6.45) is 12.7. The molecule has 142 valence electrons. The summed E-state index contributed by atoms with van der Waals surface area (Å²) in [5.74, 6) is 3.42. The minimum Gasteiger partial charge on any atom is -0.347 e. The molecule has 2 nitrogen and oxygen atoms in total. The fourth-order valence-corrected chi connectivity index (χ4v) is 8.99. The summed E-state index contributed by atoms with van der Waals surface area (Å²) >= 11 is 0. The maximum atomic E-state index is 6.29. The van der Waals surface area contributed by atoms with Crippen molar-refractivity contribution in [3.63, 3.8) is 0 Å². The van der Waals surface area contributed by atoms with Gasteiger partial charge >= 0.3 is 0 Å². The molecule has 1 spiro atoms. The van der Waals surface area contributed by atoms with Crippen LogP contribution in [0.5, 0.6) is 0 Å². The lowest BCUT2D eigenvalue weighted by molar-refractivity contribution is -0.301. The average Bonchev–Trinajstić information content (AvgIpc) is 3.19. The molecule has 0 N–H and O–H groups in total. The summed E-state index contributed by atoms with van der Waals surface area (Å²) < 4.78 is 12.6. The Balaban J connectivity index is 1.48. The largest absolute Gasteiger partial charge is 0.347 e. The van der Waals surface area contributed by atoms with Gasteiger partial charge in [0.2, 0.25) is 0 Å². The van der Waals surface area contributed by atoms with Crippen molar-refractivity contribution in [2.45, 2.75) is 91.3 Å². The molecule has 1 heterocycles. The molecule has 4 saturated carbocycles. The van der Waals surface area contributed by atoms with E-state index in [9.17, 15) is 0 Å². The van der Waals surface area contributed by atoms with Gasteiger partial charge in [0, 0.05) is 11.8 Å². The van der Waals surface area contributed by atoms with Crippen LogP contribution in [-0.4, -0.2) is 19.0 Å². The molecule has 25 heavy (non-hydrogen) atoms. The Morgan fingerprint density at radius 1 is 0.720 bits per heavy atom. The normalized spacial score (nSPS) is 53.3. The fourth-order valence-electron chi connectivity index (χ4n) is 8.99. The molecule has 5 rings (SSSR count). The van der Waals surface area contributed by atoms with E-state index in [1.807, 2.05) is 0 Å². The highest BCUT2D eigenvalue weighted by Crippen LogP contribution is 2.70. The van der Waals surface area contributed by atoms with Crippen LogP contribution < -0.4 is 0 Å². The van der Waals surface area contributed by atoms with E-state index in [0.29, 0.717) is 10.8 Å². The Hall–Kier alpha value is -0.0800. The molecule has 2 heteroatoms. The Bertz CT molecular complexity index is 548. The summed E-state index contributed by atoms with van der Waals surface area (Å²) in [5.41, 5.74) is 1.31. The Morgan fingerprint density at radius 2 is 1.48 bits per heavy atom. The molecule has 1 aliphatic heterocycles. The lowest BCUT2D eigenvalue weighted by atomic mass is 9.41. The van der Waals surface area contributed by atoms with E-state index >= 15 is 0 Å². The zero-order valence-electron chi connectivity index (χ0n) is 16.9. The van der Waals surface area contributed by atoms with E-state index in [0.717, 1.165) is 43.3 Å². The van der Waals surface area contributed by atoms with Crippen LogP contribution in [0.15, 0.2) is 0 Å². The van der Waals surface area contributed by atoms with Crippen LogP contribution in [-0.2, 0) is 9.47 Å². The minimum atomic E-state index is -0.291. The Kier molecular flexibility index (Phi) is 3.58. The van der Waals surface area contributed by atoms with Crippen LogP contribution in [0.2, 0.25) is 0 Å². The maximum Gasteiger partial charge on any atom is 0.173 e. The Labute approximate surface area is 154 Å². The highest BCUT2D eigenvalue weighted by atomic mass is 16.7. The van der Waals surface area contributed by atoms with Gasteiger partial charge in [-0.25, -0.2) is 0 Å². The molecule has 0 aromatic carbocycles. The SMILES string of the molecule is CC1(C)[C@@H]2CC[C@H]3[C@@H]4CCC[C@@]4(C)CC[C@@H]3[C@@]2(C)CCC12OCCO2. The van der Waals surface area contributed by atoms with Crippen molar-refractivity contribution >= 4 is 0 Å². The second kappa shape index (κ2) is 5.25. The van der Waals surface area contributed by atoms with E-state index < -0.39 is 0 Å². The van der Waals surface area contributed by atoms with Gasteiger partial charge < -0.3 is 9.47 Å². The zero-order valence-corrected chi connectivity index (χ0v) is 16.9. The second-order valence-corrected chi connectivity index (χ2v) is 11.3. The number of ether oxygens (including phenoxy) is 2. The minimum absolute atomic E-state index is 0.137. The van der Waals surface area contributed by atoms with E-state index in [2.05, 4.69) is 27.7 Å². The van der Waals surface area contributed by atoms with Crippen LogP contribution in [0.25, 0.3) is 0 Å². The average molecular weight is 347 g/mol. The van der Waals surface area contributed by atoms with Crippen LogP contribution in [0.3, 0.4) is 0 Å². The Morgan fingerprint density at radius 3 is 2.24 bits per heavy atom. The highest BCUT2D eigenvalue weighted by molar-refractivity contribution is 5.13. The van der Waals surface area contributed by atoms with Crippen molar-refractivity contribution in [3.05, 3.63) is 0 Å². The van der Waals surface area contributed by atoms with Gasteiger partial charge in [-0.3, -0.25) is 0 Å². The first kappa shape index (κ1) is 17.0. The molecule has 0 aromatic rings. The van der Waals surface area contributed by atoms with Gasteiger partial charge in [0.15, 0.2) is 5.79 Å². The molecule has 5 fully saturated rings. The van der Waals surface area contributed by atoms with E-state index in [4.69, 9.17) is 9.47 Å². The van der Waals surface area contributed by atoms with Gasteiger partial charge in [0.05, 0.1) is 13.2 Å². The predicted octanol–water partition coefficient (Wildman–Crippen LogP) is 5.80. The van der Waals surface area contributed by atoms with E-state index in [1.54, 1.807) is 0 Å². The third kappa shape index (κ3) is 2.05. The summed E-state index contributed by atoms with van der Waals surface area (Å²) in [5, 5.41) is 0. The number of fused-ring (bicyclic) bond motifs is 5. The quantitative estimate of drug-likeness (QED) is 0.552. The maximum absolute atomic E-state index is 6.29. The molecule has 0 unspecified atom stereocenters. The first-order chi connectivity index (χ1) is 11.8. The van der Waals surface area contributed by atoms with Crippen molar-refractivity contribution in [3.8, 4) is 0 Å². The molecule has 6 atom stereocenters. The summed E-state index contributed by atoms with van der Waals surface area (Å²) in [4.78, 5) is 0. The second-order valence-electron chi connectivity index (χ2n) is 11.3. The molecule has 0 amide bonds. The topological polar surface area (TPSA) is 18.5 Å².